The van der Waals surface area contributed by atoms with E-state index in [1.165, 1.54) is 12.5 Å². The number of rotatable bonds is 1. The third-order valence-corrected chi connectivity index (χ3v) is 2.08. The van der Waals surface area contributed by atoms with Crippen LogP contribution in [0.15, 0.2) is 18.9 Å². The van der Waals surface area contributed by atoms with Gasteiger partial charge in [-0.15, -0.1) is 0 Å². The Bertz CT molecular complexity index is 623. The first-order chi connectivity index (χ1) is 6.90. The van der Waals surface area contributed by atoms with E-state index in [-0.39, 0.29) is 0 Å². The SMILES string of the molecule is O=Cc1cnc2c3[nH]cnc3ncn12. The zero-order valence-electron chi connectivity index (χ0n) is 7.01. The maximum Gasteiger partial charge on any atom is 0.182 e. The molecule has 0 aliphatic rings. The summed E-state index contributed by atoms with van der Waals surface area (Å²) < 4.78 is 1.62. The lowest BCUT2D eigenvalue weighted by molar-refractivity contribution is 0.111. The Morgan fingerprint density at radius 2 is 2.29 bits per heavy atom. The van der Waals surface area contributed by atoms with Gasteiger partial charge in [0.05, 0.1) is 12.5 Å². The molecule has 0 unspecified atom stereocenters. The highest BCUT2D eigenvalue weighted by Gasteiger charge is 2.07. The summed E-state index contributed by atoms with van der Waals surface area (Å²) in [5, 5.41) is 0. The smallest absolute Gasteiger partial charge is 0.182 e. The van der Waals surface area contributed by atoms with Gasteiger partial charge in [0, 0.05) is 0 Å². The lowest BCUT2D eigenvalue weighted by Gasteiger charge is -1.93. The lowest BCUT2D eigenvalue weighted by Crippen LogP contribution is -1.93. The summed E-state index contributed by atoms with van der Waals surface area (Å²) in [7, 11) is 0. The third kappa shape index (κ3) is 0.743. The number of nitrogens with zero attached hydrogens (tertiary/aromatic N) is 4. The van der Waals surface area contributed by atoms with E-state index in [0.717, 1.165) is 11.8 Å². The number of nitrogens with one attached hydrogen (secondary N) is 1. The van der Waals surface area contributed by atoms with Crippen LogP contribution in [-0.2, 0) is 0 Å². The number of fused-ring (bicyclic) bond motifs is 3. The van der Waals surface area contributed by atoms with Gasteiger partial charge in [-0.05, 0) is 0 Å². The summed E-state index contributed by atoms with van der Waals surface area (Å²) in [5.41, 5.74) is 2.47. The molecule has 0 saturated carbocycles. The molecule has 0 spiro atoms. The Labute approximate surface area is 77.6 Å². The van der Waals surface area contributed by atoms with Crippen molar-refractivity contribution in [2.24, 2.45) is 0 Å². The molecule has 0 amide bonds. The third-order valence-electron chi connectivity index (χ3n) is 2.08. The lowest BCUT2D eigenvalue weighted by atomic mass is 10.5. The van der Waals surface area contributed by atoms with E-state index >= 15 is 0 Å². The topological polar surface area (TPSA) is 75.9 Å². The van der Waals surface area contributed by atoms with Crippen molar-refractivity contribution in [1.82, 2.24) is 24.3 Å². The standard InChI is InChI=1S/C8H5N5O/c14-2-5-1-9-8-6-7(11-3-10-6)12-4-13(5)8/h1-4H,(H,10,11). The van der Waals surface area contributed by atoms with Crippen LogP contribution in [-0.4, -0.2) is 30.6 Å². The molecule has 1 N–H and O–H groups in total. The molecule has 3 aromatic rings. The molecule has 6 heteroatoms. The molecule has 3 rings (SSSR count). The molecule has 14 heavy (non-hydrogen) atoms. The van der Waals surface area contributed by atoms with Crippen molar-refractivity contribution in [2.45, 2.75) is 0 Å². The molecule has 0 aliphatic heterocycles. The molecule has 3 heterocycles. The van der Waals surface area contributed by atoms with E-state index in [4.69, 9.17) is 0 Å². The first-order valence-corrected chi connectivity index (χ1v) is 4.00. The molecule has 68 valence electrons. The number of aromatic nitrogens is 5. The highest BCUT2D eigenvalue weighted by atomic mass is 16.1. The normalized spacial score (nSPS) is 11.1. The summed E-state index contributed by atoms with van der Waals surface area (Å²) in [6.45, 7) is 0. The minimum Gasteiger partial charge on any atom is -0.340 e. The Morgan fingerprint density at radius 1 is 1.36 bits per heavy atom. The molecule has 6 nitrogen and oxygen atoms in total. The first-order valence-electron chi connectivity index (χ1n) is 4.00. The van der Waals surface area contributed by atoms with Gasteiger partial charge < -0.3 is 4.98 Å². The number of carbonyl (C=O) groups is 1. The number of H-pyrrole nitrogens is 1. The minimum absolute atomic E-state index is 0.476. The highest BCUT2D eigenvalue weighted by Crippen LogP contribution is 2.13. The second-order valence-electron chi connectivity index (χ2n) is 2.84. The van der Waals surface area contributed by atoms with Crippen LogP contribution in [0.3, 0.4) is 0 Å². The highest BCUT2D eigenvalue weighted by molar-refractivity contribution is 5.87. The Kier molecular flexibility index (Phi) is 1.22. The average molecular weight is 187 g/mol. The maximum absolute atomic E-state index is 10.6. The second-order valence-corrected chi connectivity index (χ2v) is 2.84. The molecular formula is C8H5N5O. The van der Waals surface area contributed by atoms with Crippen LogP contribution in [0.2, 0.25) is 0 Å². The van der Waals surface area contributed by atoms with Crippen molar-refractivity contribution in [3.63, 3.8) is 0 Å². The van der Waals surface area contributed by atoms with Crippen molar-refractivity contribution >= 4 is 23.1 Å². The Hall–Kier alpha value is -2.24. The van der Waals surface area contributed by atoms with E-state index in [2.05, 4.69) is 19.9 Å². The van der Waals surface area contributed by atoms with Gasteiger partial charge in [-0.1, -0.05) is 0 Å². The van der Waals surface area contributed by atoms with E-state index in [1.807, 2.05) is 0 Å². The van der Waals surface area contributed by atoms with Gasteiger partial charge in [0.2, 0.25) is 0 Å². The van der Waals surface area contributed by atoms with Gasteiger partial charge >= 0.3 is 0 Å². The fourth-order valence-corrected chi connectivity index (χ4v) is 1.43. The monoisotopic (exact) mass is 187 g/mol. The van der Waals surface area contributed by atoms with Crippen molar-refractivity contribution in [3.8, 4) is 0 Å². The molecule has 0 aliphatic carbocycles. The molecule has 0 bridgehead atoms. The number of hydrogen-bond donors (Lipinski definition) is 1. The van der Waals surface area contributed by atoms with E-state index in [1.54, 1.807) is 10.7 Å². The number of carbonyl (C=O) groups excluding carboxylic acids is 1. The predicted molar refractivity (Wildman–Crippen MR) is 48.0 cm³/mol. The molecule has 0 atom stereocenters. The molecule has 3 aromatic heterocycles. The summed E-state index contributed by atoms with van der Waals surface area (Å²) in [6, 6.07) is 0. The van der Waals surface area contributed by atoms with E-state index < -0.39 is 0 Å². The van der Waals surface area contributed by atoms with Crippen molar-refractivity contribution in [3.05, 3.63) is 24.5 Å². The number of hydrogen-bond acceptors (Lipinski definition) is 4. The predicted octanol–water partition coefficient (Wildman–Crippen LogP) is 0.418. The van der Waals surface area contributed by atoms with Gasteiger partial charge in [-0.2, -0.15) is 0 Å². The van der Waals surface area contributed by atoms with Crippen LogP contribution in [0, 0.1) is 0 Å². The summed E-state index contributed by atoms with van der Waals surface area (Å²) in [6.07, 6.45) is 5.33. The molecule has 0 aromatic carbocycles. The zero-order valence-corrected chi connectivity index (χ0v) is 7.01. The van der Waals surface area contributed by atoms with E-state index in [0.29, 0.717) is 17.0 Å². The van der Waals surface area contributed by atoms with Crippen LogP contribution in [0.25, 0.3) is 16.8 Å². The van der Waals surface area contributed by atoms with Gasteiger partial charge in [0.15, 0.2) is 17.6 Å². The van der Waals surface area contributed by atoms with Crippen LogP contribution in [0.4, 0.5) is 0 Å². The first kappa shape index (κ1) is 7.19. The van der Waals surface area contributed by atoms with Crippen LogP contribution < -0.4 is 0 Å². The van der Waals surface area contributed by atoms with Gasteiger partial charge in [0.25, 0.3) is 0 Å². The van der Waals surface area contributed by atoms with Gasteiger partial charge in [0.1, 0.15) is 17.5 Å². The number of aromatic amines is 1. The quantitative estimate of drug-likeness (QED) is 0.560. The fraction of sp³-hybridized carbons (Fsp3) is 0. The summed E-state index contributed by atoms with van der Waals surface area (Å²) in [5.74, 6) is 0. The zero-order chi connectivity index (χ0) is 9.54. The second kappa shape index (κ2) is 2.38. The Balaban J connectivity index is 2.58. The molecule has 0 fully saturated rings. The minimum atomic E-state index is 0.476. The van der Waals surface area contributed by atoms with Crippen LogP contribution in [0.5, 0.6) is 0 Å². The maximum atomic E-state index is 10.6. The van der Waals surface area contributed by atoms with Crippen molar-refractivity contribution in [1.29, 1.82) is 0 Å². The summed E-state index contributed by atoms with van der Waals surface area (Å²) in [4.78, 5) is 25.7. The molecule has 0 radical (unpaired) electrons. The largest absolute Gasteiger partial charge is 0.340 e. The molecule has 0 saturated heterocycles. The number of imidazole rings is 2. The van der Waals surface area contributed by atoms with Gasteiger partial charge in [-0.25, -0.2) is 15.0 Å². The van der Waals surface area contributed by atoms with E-state index in [9.17, 15) is 4.79 Å². The number of aldehydes is 1. The van der Waals surface area contributed by atoms with Crippen LogP contribution in [0.1, 0.15) is 10.5 Å². The molecular weight excluding hydrogens is 182 g/mol. The van der Waals surface area contributed by atoms with Crippen molar-refractivity contribution in [2.75, 3.05) is 0 Å². The van der Waals surface area contributed by atoms with Crippen molar-refractivity contribution < 1.29 is 4.79 Å². The summed E-state index contributed by atoms with van der Waals surface area (Å²) >= 11 is 0. The van der Waals surface area contributed by atoms with Gasteiger partial charge in [-0.3, -0.25) is 9.20 Å². The fourth-order valence-electron chi connectivity index (χ4n) is 1.43. The average Bonchev–Trinajstić information content (AvgIpc) is 2.82. The Morgan fingerprint density at radius 3 is 3.14 bits per heavy atom. The van der Waals surface area contributed by atoms with Crippen LogP contribution >= 0.6 is 0 Å².